The fraction of sp³-hybridized carbons (Fsp3) is 0.125. The van der Waals surface area contributed by atoms with Gasteiger partial charge in [0.15, 0.2) is 5.16 Å². The molecular formula is C24H19FN4OS. The van der Waals surface area contributed by atoms with Crippen molar-refractivity contribution in [3.63, 3.8) is 0 Å². The number of thioether (sulfide) groups is 1. The highest BCUT2D eigenvalue weighted by atomic mass is 32.2. The molecule has 0 aliphatic carbocycles. The second-order valence-corrected chi connectivity index (χ2v) is 8.37. The van der Waals surface area contributed by atoms with E-state index in [-0.39, 0.29) is 11.4 Å². The molecule has 3 aromatic carbocycles. The summed E-state index contributed by atoms with van der Waals surface area (Å²) < 4.78 is 17.1. The van der Waals surface area contributed by atoms with Crippen molar-refractivity contribution < 1.29 is 4.39 Å². The van der Waals surface area contributed by atoms with E-state index in [1.54, 1.807) is 10.6 Å². The first kappa shape index (κ1) is 19.5. The van der Waals surface area contributed by atoms with E-state index in [0.29, 0.717) is 28.6 Å². The van der Waals surface area contributed by atoms with Gasteiger partial charge in [-0.25, -0.2) is 4.39 Å². The Morgan fingerprint density at radius 3 is 2.55 bits per heavy atom. The number of aryl methyl sites for hydroxylation is 1. The lowest BCUT2D eigenvalue weighted by Crippen LogP contribution is -2.24. The van der Waals surface area contributed by atoms with Crippen LogP contribution in [0.2, 0.25) is 0 Å². The van der Waals surface area contributed by atoms with Crippen molar-refractivity contribution in [2.24, 2.45) is 0 Å². The first-order valence-electron chi connectivity index (χ1n) is 9.89. The van der Waals surface area contributed by atoms with Gasteiger partial charge in [-0.15, -0.1) is 10.2 Å². The second-order valence-electron chi connectivity index (χ2n) is 7.43. The van der Waals surface area contributed by atoms with Gasteiger partial charge < -0.3 is 0 Å². The molecule has 0 N–H and O–H groups in total. The minimum absolute atomic E-state index is 0.0993. The first-order chi connectivity index (χ1) is 15.1. The molecule has 0 bridgehead atoms. The monoisotopic (exact) mass is 430 g/mol. The number of benzene rings is 3. The number of nitrogens with zero attached hydrogens (tertiary/aromatic N) is 4. The molecule has 0 radical (unpaired) electrons. The molecule has 0 unspecified atom stereocenters. The zero-order chi connectivity index (χ0) is 21.4. The number of hydrogen-bond acceptors (Lipinski definition) is 4. The lowest BCUT2D eigenvalue weighted by Gasteiger charge is -2.11. The minimum atomic E-state index is -0.262. The summed E-state index contributed by atoms with van der Waals surface area (Å²) in [4.78, 5) is 13.3. The molecule has 2 heterocycles. The van der Waals surface area contributed by atoms with Gasteiger partial charge in [-0.05, 0) is 42.3 Å². The van der Waals surface area contributed by atoms with Crippen LogP contribution < -0.4 is 5.56 Å². The third kappa shape index (κ3) is 3.72. The van der Waals surface area contributed by atoms with E-state index in [9.17, 15) is 9.18 Å². The van der Waals surface area contributed by atoms with Gasteiger partial charge in [0, 0.05) is 5.75 Å². The minimum Gasteiger partial charge on any atom is -0.272 e. The third-order valence-corrected chi connectivity index (χ3v) is 6.20. The molecule has 5 nitrogen and oxygen atoms in total. The number of rotatable bonds is 5. The fourth-order valence-corrected chi connectivity index (χ4v) is 4.50. The Kier molecular flexibility index (Phi) is 5.03. The number of fused-ring (bicyclic) bond motifs is 3. The van der Waals surface area contributed by atoms with E-state index < -0.39 is 0 Å². The standard InChI is InChI=1S/C24H19FN4OS/c1-16-9-11-17(12-10-16)14-28-22(30)20-7-2-3-8-21(20)29-23(28)26-27-24(29)31-15-18-5-4-6-19(25)13-18/h2-13H,14-15H2,1H3. The van der Waals surface area contributed by atoms with Crippen LogP contribution in [0, 0.1) is 12.7 Å². The summed E-state index contributed by atoms with van der Waals surface area (Å²) in [5.74, 6) is 0.775. The van der Waals surface area contributed by atoms with Crippen LogP contribution in [0.5, 0.6) is 0 Å². The third-order valence-electron chi connectivity index (χ3n) is 5.20. The maximum absolute atomic E-state index is 13.5. The van der Waals surface area contributed by atoms with Crippen molar-refractivity contribution >= 4 is 28.4 Å². The predicted molar refractivity (Wildman–Crippen MR) is 121 cm³/mol. The van der Waals surface area contributed by atoms with Crippen molar-refractivity contribution in [3.05, 3.63) is 106 Å². The maximum Gasteiger partial charge on any atom is 0.263 e. The normalized spacial score (nSPS) is 11.4. The second kappa shape index (κ2) is 8.00. The quantitative estimate of drug-likeness (QED) is 0.375. The first-order valence-corrected chi connectivity index (χ1v) is 10.9. The Hall–Kier alpha value is -3.45. The van der Waals surface area contributed by atoms with Crippen LogP contribution in [-0.2, 0) is 12.3 Å². The topological polar surface area (TPSA) is 52.2 Å². The maximum atomic E-state index is 13.5. The van der Waals surface area contributed by atoms with Gasteiger partial charge in [0.2, 0.25) is 5.78 Å². The molecule has 0 atom stereocenters. The molecule has 7 heteroatoms. The molecule has 0 amide bonds. The average Bonchev–Trinajstić information content (AvgIpc) is 3.21. The Morgan fingerprint density at radius 2 is 1.74 bits per heavy atom. The fourth-order valence-electron chi connectivity index (χ4n) is 3.62. The lowest BCUT2D eigenvalue weighted by molar-refractivity contribution is 0.626. The molecule has 5 rings (SSSR count). The molecule has 0 spiro atoms. The molecule has 5 aromatic rings. The van der Waals surface area contributed by atoms with Gasteiger partial charge in [-0.1, -0.05) is 65.9 Å². The van der Waals surface area contributed by atoms with Gasteiger partial charge in [-0.2, -0.15) is 0 Å². The summed E-state index contributed by atoms with van der Waals surface area (Å²) in [5, 5.41) is 9.98. The smallest absolute Gasteiger partial charge is 0.263 e. The molecule has 0 saturated heterocycles. The van der Waals surface area contributed by atoms with Gasteiger partial charge in [-0.3, -0.25) is 13.8 Å². The Balaban J connectivity index is 1.63. The molecule has 2 aromatic heterocycles. The highest BCUT2D eigenvalue weighted by molar-refractivity contribution is 7.98. The zero-order valence-electron chi connectivity index (χ0n) is 16.8. The average molecular weight is 431 g/mol. The van der Waals surface area contributed by atoms with E-state index in [4.69, 9.17) is 0 Å². The largest absolute Gasteiger partial charge is 0.272 e. The van der Waals surface area contributed by atoms with Crippen molar-refractivity contribution in [1.29, 1.82) is 0 Å². The summed E-state index contributed by atoms with van der Waals surface area (Å²) in [6.45, 7) is 2.44. The Bertz CT molecular complexity index is 1460. The summed E-state index contributed by atoms with van der Waals surface area (Å²) in [7, 11) is 0. The number of para-hydroxylation sites is 1. The Morgan fingerprint density at radius 1 is 0.935 bits per heavy atom. The van der Waals surface area contributed by atoms with Crippen molar-refractivity contribution in [2.45, 2.75) is 24.4 Å². The van der Waals surface area contributed by atoms with Crippen LogP contribution in [0.1, 0.15) is 16.7 Å². The number of halogens is 1. The van der Waals surface area contributed by atoms with Gasteiger partial charge in [0.25, 0.3) is 5.56 Å². The van der Waals surface area contributed by atoms with Crippen LogP contribution >= 0.6 is 11.8 Å². The summed E-state index contributed by atoms with van der Waals surface area (Å²) in [5.41, 5.74) is 3.70. The Labute approximate surface area is 182 Å². The van der Waals surface area contributed by atoms with Crippen LogP contribution in [0.3, 0.4) is 0 Å². The lowest BCUT2D eigenvalue weighted by atomic mass is 10.1. The highest BCUT2D eigenvalue weighted by Crippen LogP contribution is 2.25. The van der Waals surface area contributed by atoms with Crippen LogP contribution in [-0.4, -0.2) is 19.2 Å². The van der Waals surface area contributed by atoms with Gasteiger partial charge in [0.05, 0.1) is 17.4 Å². The molecule has 0 aliphatic rings. The molecule has 0 fully saturated rings. The zero-order valence-corrected chi connectivity index (χ0v) is 17.6. The molecule has 154 valence electrons. The van der Waals surface area contributed by atoms with E-state index in [2.05, 4.69) is 10.2 Å². The molecular weight excluding hydrogens is 411 g/mol. The van der Waals surface area contributed by atoms with Crippen molar-refractivity contribution in [1.82, 2.24) is 19.2 Å². The SMILES string of the molecule is Cc1ccc(Cn2c(=O)c3ccccc3n3c(SCc4cccc(F)c4)nnc23)cc1. The van der Waals surface area contributed by atoms with Crippen molar-refractivity contribution in [2.75, 3.05) is 0 Å². The summed E-state index contributed by atoms with van der Waals surface area (Å²) in [6.07, 6.45) is 0. The van der Waals surface area contributed by atoms with Crippen LogP contribution in [0.25, 0.3) is 16.7 Å². The van der Waals surface area contributed by atoms with E-state index in [0.717, 1.165) is 16.6 Å². The number of hydrogen-bond donors (Lipinski definition) is 0. The van der Waals surface area contributed by atoms with E-state index in [1.165, 1.54) is 29.5 Å². The van der Waals surface area contributed by atoms with Crippen LogP contribution in [0.15, 0.2) is 82.7 Å². The molecule has 0 saturated carbocycles. The van der Waals surface area contributed by atoms with Gasteiger partial charge in [0.1, 0.15) is 5.82 Å². The van der Waals surface area contributed by atoms with Crippen molar-refractivity contribution in [3.8, 4) is 0 Å². The highest BCUT2D eigenvalue weighted by Gasteiger charge is 2.17. The summed E-state index contributed by atoms with van der Waals surface area (Å²) in [6, 6.07) is 22.1. The van der Waals surface area contributed by atoms with Crippen LogP contribution in [0.4, 0.5) is 4.39 Å². The molecule has 0 aliphatic heterocycles. The van der Waals surface area contributed by atoms with E-state index >= 15 is 0 Å². The van der Waals surface area contributed by atoms with Gasteiger partial charge >= 0.3 is 0 Å². The number of aromatic nitrogens is 4. The van der Waals surface area contributed by atoms with E-state index in [1.807, 2.05) is 65.9 Å². The summed E-state index contributed by atoms with van der Waals surface area (Å²) >= 11 is 1.46. The predicted octanol–water partition coefficient (Wildman–Crippen LogP) is 4.83. The molecule has 31 heavy (non-hydrogen) atoms.